The van der Waals surface area contributed by atoms with E-state index in [1.165, 1.54) is 4.90 Å². The summed E-state index contributed by atoms with van der Waals surface area (Å²) in [6, 6.07) is 14.0. The van der Waals surface area contributed by atoms with Crippen molar-refractivity contribution >= 4 is 11.9 Å². The predicted molar refractivity (Wildman–Crippen MR) is 99.2 cm³/mol. The van der Waals surface area contributed by atoms with E-state index in [4.69, 9.17) is 15.2 Å². The van der Waals surface area contributed by atoms with E-state index in [2.05, 4.69) is 11.1 Å². The molecule has 2 heterocycles. The lowest BCUT2D eigenvalue weighted by Gasteiger charge is -2.33. The summed E-state index contributed by atoms with van der Waals surface area (Å²) in [7, 11) is 1.65. The van der Waals surface area contributed by atoms with Crippen molar-refractivity contribution in [1.29, 1.82) is 0 Å². The van der Waals surface area contributed by atoms with E-state index in [-0.39, 0.29) is 18.3 Å². The van der Waals surface area contributed by atoms with Crippen LogP contribution in [0, 0.1) is 0 Å². The van der Waals surface area contributed by atoms with Crippen molar-refractivity contribution in [3.8, 4) is 22.6 Å². The molecule has 0 fully saturated rings. The Morgan fingerprint density at radius 1 is 1.08 bits per heavy atom. The number of benzene rings is 2. The highest BCUT2D eigenvalue weighted by molar-refractivity contribution is 5.98. The number of aliphatic imine (C=N–C) groups is 1. The molecule has 1 unspecified atom stereocenters. The van der Waals surface area contributed by atoms with Crippen LogP contribution in [0.4, 0.5) is 0 Å². The number of ether oxygens (including phenoxy) is 2. The highest BCUT2D eigenvalue weighted by atomic mass is 16.6. The zero-order valence-corrected chi connectivity index (χ0v) is 14.9. The van der Waals surface area contributed by atoms with Gasteiger partial charge in [0.2, 0.25) is 5.91 Å². The number of nitrogens with zero attached hydrogens (tertiary/aromatic N) is 2. The second kappa shape index (κ2) is 6.05. The van der Waals surface area contributed by atoms with Crippen LogP contribution in [0.3, 0.4) is 0 Å². The third-order valence-electron chi connectivity index (χ3n) is 4.93. The third-order valence-corrected chi connectivity index (χ3v) is 4.93. The summed E-state index contributed by atoms with van der Waals surface area (Å²) in [5.41, 5.74) is 8.27. The van der Waals surface area contributed by atoms with Gasteiger partial charge in [-0.15, -0.1) is 0 Å². The van der Waals surface area contributed by atoms with Gasteiger partial charge in [0, 0.05) is 7.05 Å². The molecule has 2 N–H and O–H groups in total. The van der Waals surface area contributed by atoms with E-state index in [0.29, 0.717) is 13.2 Å². The summed E-state index contributed by atoms with van der Waals surface area (Å²) in [6.45, 7) is 3.06. The molecule has 0 radical (unpaired) electrons. The topological polar surface area (TPSA) is 77.2 Å². The zero-order chi connectivity index (χ0) is 18.3. The van der Waals surface area contributed by atoms with Gasteiger partial charge in [-0.25, -0.2) is 4.99 Å². The fraction of sp³-hybridized carbons (Fsp3) is 0.300. The third kappa shape index (κ3) is 2.77. The summed E-state index contributed by atoms with van der Waals surface area (Å²) in [6.07, 6.45) is 0.287. The van der Waals surface area contributed by atoms with E-state index >= 15 is 0 Å². The molecule has 6 nitrogen and oxygen atoms in total. The molecule has 134 valence electrons. The summed E-state index contributed by atoms with van der Waals surface area (Å²) >= 11 is 0. The lowest BCUT2D eigenvalue weighted by atomic mass is 9.86. The van der Waals surface area contributed by atoms with Crippen LogP contribution in [0.1, 0.15) is 18.9 Å². The minimum Gasteiger partial charge on any atom is -0.486 e. The standard InChI is InChI=1S/C20H21N3O3/c1-20(12-18(24)23(2)19(21)22-20)15-5-3-4-13(10-15)14-6-7-16-17(11-14)26-9-8-25-16/h3-7,10-11H,8-9,12H2,1-2H3,(H2,21,22). The molecule has 26 heavy (non-hydrogen) atoms. The minimum atomic E-state index is -0.669. The van der Waals surface area contributed by atoms with Gasteiger partial charge < -0.3 is 15.2 Å². The van der Waals surface area contributed by atoms with Crippen molar-refractivity contribution in [2.24, 2.45) is 10.7 Å². The fourth-order valence-electron chi connectivity index (χ4n) is 3.33. The van der Waals surface area contributed by atoms with Gasteiger partial charge in [-0.2, -0.15) is 0 Å². The number of guanidine groups is 1. The molecule has 2 aromatic carbocycles. The lowest BCUT2D eigenvalue weighted by molar-refractivity contribution is -0.128. The quantitative estimate of drug-likeness (QED) is 0.902. The number of fused-ring (bicyclic) bond motifs is 1. The Balaban J connectivity index is 1.73. The van der Waals surface area contributed by atoms with Crippen molar-refractivity contribution in [2.75, 3.05) is 20.3 Å². The Morgan fingerprint density at radius 3 is 2.58 bits per heavy atom. The Hall–Kier alpha value is -3.02. The Morgan fingerprint density at radius 2 is 1.81 bits per heavy atom. The van der Waals surface area contributed by atoms with Crippen LogP contribution in [0.2, 0.25) is 0 Å². The number of rotatable bonds is 2. The molecule has 4 rings (SSSR count). The average molecular weight is 351 g/mol. The van der Waals surface area contributed by atoms with E-state index in [1.54, 1.807) is 7.05 Å². The molecule has 0 saturated heterocycles. The van der Waals surface area contributed by atoms with Gasteiger partial charge in [-0.1, -0.05) is 24.3 Å². The number of amides is 1. The van der Waals surface area contributed by atoms with Crippen LogP contribution in [-0.2, 0) is 10.3 Å². The van der Waals surface area contributed by atoms with Crippen LogP contribution in [0.25, 0.3) is 11.1 Å². The second-order valence-corrected chi connectivity index (χ2v) is 6.81. The van der Waals surface area contributed by atoms with Gasteiger partial charge in [0.05, 0.1) is 12.0 Å². The van der Waals surface area contributed by atoms with Crippen molar-refractivity contribution in [3.63, 3.8) is 0 Å². The first-order valence-electron chi connectivity index (χ1n) is 8.59. The highest BCUT2D eigenvalue weighted by Crippen LogP contribution is 2.37. The molecule has 0 aliphatic carbocycles. The first-order valence-corrected chi connectivity index (χ1v) is 8.59. The van der Waals surface area contributed by atoms with Crippen LogP contribution >= 0.6 is 0 Å². The van der Waals surface area contributed by atoms with E-state index in [1.807, 2.05) is 43.3 Å². The summed E-state index contributed by atoms with van der Waals surface area (Å²) in [5, 5.41) is 0. The Bertz CT molecular complexity index is 909. The van der Waals surface area contributed by atoms with E-state index in [9.17, 15) is 4.79 Å². The van der Waals surface area contributed by atoms with Gasteiger partial charge in [0.25, 0.3) is 0 Å². The van der Waals surface area contributed by atoms with Crippen LogP contribution in [0.15, 0.2) is 47.5 Å². The van der Waals surface area contributed by atoms with Gasteiger partial charge in [0.1, 0.15) is 13.2 Å². The molecular formula is C20H21N3O3. The minimum absolute atomic E-state index is 0.0373. The molecule has 0 bridgehead atoms. The summed E-state index contributed by atoms with van der Waals surface area (Å²) in [4.78, 5) is 18.2. The zero-order valence-electron chi connectivity index (χ0n) is 14.9. The molecule has 0 aromatic heterocycles. The molecule has 6 heteroatoms. The molecular weight excluding hydrogens is 330 g/mol. The van der Waals surface area contributed by atoms with Crippen LogP contribution in [-0.4, -0.2) is 37.0 Å². The number of nitrogens with two attached hydrogens (primary N) is 1. The SMILES string of the molecule is CN1C(=O)CC(C)(c2cccc(-c3ccc4c(c3)OCCO4)c2)N=C1N. The van der Waals surface area contributed by atoms with Gasteiger partial charge in [0.15, 0.2) is 17.5 Å². The fourth-order valence-corrected chi connectivity index (χ4v) is 3.33. The van der Waals surface area contributed by atoms with Crippen molar-refractivity contribution < 1.29 is 14.3 Å². The van der Waals surface area contributed by atoms with Gasteiger partial charge in [-0.05, 0) is 41.8 Å². The molecule has 0 saturated carbocycles. The van der Waals surface area contributed by atoms with E-state index in [0.717, 1.165) is 28.2 Å². The molecule has 2 aromatic rings. The van der Waals surface area contributed by atoms with Crippen molar-refractivity contribution in [1.82, 2.24) is 4.90 Å². The normalized spacial score (nSPS) is 22.2. The maximum Gasteiger partial charge on any atom is 0.231 e. The van der Waals surface area contributed by atoms with Gasteiger partial charge >= 0.3 is 0 Å². The summed E-state index contributed by atoms with van der Waals surface area (Å²) < 4.78 is 11.3. The van der Waals surface area contributed by atoms with E-state index < -0.39 is 5.54 Å². The predicted octanol–water partition coefficient (Wildman–Crippen LogP) is 2.52. The van der Waals surface area contributed by atoms with Crippen molar-refractivity contribution in [2.45, 2.75) is 18.9 Å². The number of hydrogen-bond donors (Lipinski definition) is 1. The van der Waals surface area contributed by atoms with Gasteiger partial charge in [-0.3, -0.25) is 9.69 Å². The second-order valence-electron chi connectivity index (χ2n) is 6.81. The molecule has 1 atom stereocenters. The highest BCUT2D eigenvalue weighted by Gasteiger charge is 2.36. The Kier molecular flexibility index (Phi) is 3.83. The largest absolute Gasteiger partial charge is 0.486 e. The number of carbonyl (C=O) groups excluding carboxylic acids is 1. The lowest BCUT2D eigenvalue weighted by Crippen LogP contribution is -2.47. The van der Waals surface area contributed by atoms with Crippen molar-refractivity contribution in [3.05, 3.63) is 48.0 Å². The first kappa shape index (κ1) is 16.4. The monoisotopic (exact) mass is 351 g/mol. The first-order chi connectivity index (χ1) is 12.5. The van der Waals surface area contributed by atoms with Crippen LogP contribution < -0.4 is 15.2 Å². The smallest absolute Gasteiger partial charge is 0.231 e. The molecule has 1 amide bonds. The maximum atomic E-state index is 12.2. The maximum absolute atomic E-state index is 12.2. The average Bonchev–Trinajstić information content (AvgIpc) is 2.66. The molecule has 2 aliphatic rings. The number of hydrogen-bond acceptors (Lipinski definition) is 5. The number of carbonyl (C=O) groups is 1. The molecule has 2 aliphatic heterocycles. The van der Waals surface area contributed by atoms with Crippen LogP contribution in [0.5, 0.6) is 11.5 Å². The molecule has 0 spiro atoms. The Labute approximate surface area is 152 Å². The summed E-state index contributed by atoms with van der Waals surface area (Å²) in [5.74, 6) is 1.72.